The highest BCUT2D eigenvalue weighted by Crippen LogP contribution is 2.49. The highest BCUT2D eigenvalue weighted by atomic mass is 16.4. The smallest absolute Gasteiger partial charge is 0.339 e. The van der Waals surface area contributed by atoms with E-state index in [1.54, 1.807) is 12.1 Å². The van der Waals surface area contributed by atoms with E-state index in [1.807, 2.05) is 6.07 Å². The van der Waals surface area contributed by atoms with Crippen LogP contribution < -0.4 is 0 Å². The van der Waals surface area contributed by atoms with E-state index in [4.69, 9.17) is 5.11 Å². The topological polar surface area (TPSA) is 77.8 Å². The van der Waals surface area contributed by atoms with Crippen molar-refractivity contribution in [3.05, 3.63) is 58.1 Å². The summed E-state index contributed by atoms with van der Waals surface area (Å²) in [4.78, 5) is 11.0. The van der Waals surface area contributed by atoms with Crippen molar-refractivity contribution in [1.29, 1.82) is 0 Å². The van der Waals surface area contributed by atoms with Crippen LogP contribution in [0.25, 0.3) is 0 Å². The number of aromatic hydroxyl groups is 2. The molecule has 0 aromatic heterocycles. The molecule has 0 radical (unpaired) electrons. The van der Waals surface area contributed by atoms with Crippen molar-refractivity contribution in [3.8, 4) is 23.3 Å². The summed E-state index contributed by atoms with van der Waals surface area (Å²) in [6.45, 7) is 8.67. The maximum atomic E-state index is 11.0. The van der Waals surface area contributed by atoms with E-state index < -0.39 is 5.97 Å². The Balaban J connectivity index is 2.04. The van der Waals surface area contributed by atoms with Crippen molar-refractivity contribution < 1.29 is 20.1 Å². The third kappa shape index (κ3) is 3.50. The monoisotopic (exact) mass is 364 g/mol. The minimum absolute atomic E-state index is 0.0403. The van der Waals surface area contributed by atoms with Gasteiger partial charge in [0.15, 0.2) is 0 Å². The first-order valence-electron chi connectivity index (χ1n) is 8.97. The first kappa shape index (κ1) is 18.8. The summed E-state index contributed by atoms with van der Waals surface area (Å²) in [5.74, 6) is 4.72. The summed E-state index contributed by atoms with van der Waals surface area (Å²) >= 11 is 0. The fourth-order valence-corrected chi connectivity index (χ4v) is 3.76. The second-order valence-corrected chi connectivity index (χ2v) is 8.47. The van der Waals surface area contributed by atoms with E-state index in [-0.39, 0.29) is 27.9 Å². The molecule has 0 spiro atoms. The van der Waals surface area contributed by atoms with Gasteiger partial charge in [-0.1, -0.05) is 39.5 Å². The molecule has 0 fully saturated rings. The Kier molecular flexibility index (Phi) is 4.43. The highest BCUT2D eigenvalue weighted by molar-refractivity contribution is 5.90. The third-order valence-electron chi connectivity index (χ3n) is 5.48. The second-order valence-electron chi connectivity index (χ2n) is 8.47. The van der Waals surface area contributed by atoms with Crippen molar-refractivity contribution in [3.63, 3.8) is 0 Å². The summed E-state index contributed by atoms with van der Waals surface area (Å²) in [7, 11) is 0. The SMILES string of the molecule is CC1(C)CCC(C)(C)c2c(O)cc(C#Cc3ccc(C(=O)O)c(O)c3)cc21. The van der Waals surface area contributed by atoms with Gasteiger partial charge in [0.1, 0.15) is 17.1 Å². The Morgan fingerprint density at radius 1 is 0.889 bits per heavy atom. The summed E-state index contributed by atoms with van der Waals surface area (Å²) in [6, 6.07) is 7.94. The van der Waals surface area contributed by atoms with E-state index >= 15 is 0 Å². The first-order valence-corrected chi connectivity index (χ1v) is 8.97. The van der Waals surface area contributed by atoms with Crippen LogP contribution in [-0.2, 0) is 10.8 Å². The molecule has 2 aromatic carbocycles. The molecule has 0 saturated carbocycles. The van der Waals surface area contributed by atoms with E-state index in [2.05, 4.69) is 39.5 Å². The van der Waals surface area contributed by atoms with Crippen molar-refractivity contribution in [1.82, 2.24) is 0 Å². The van der Waals surface area contributed by atoms with Crippen LogP contribution in [0.1, 0.15) is 73.1 Å². The molecule has 0 unspecified atom stereocenters. The van der Waals surface area contributed by atoms with Crippen molar-refractivity contribution in [2.24, 2.45) is 0 Å². The number of aromatic carboxylic acids is 1. The lowest BCUT2D eigenvalue weighted by molar-refractivity contribution is 0.0693. The normalized spacial score (nSPS) is 16.7. The van der Waals surface area contributed by atoms with Crippen LogP contribution in [0.2, 0.25) is 0 Å². The Morgan fingerprint density at radius 2 is 1.48 bits per heavy atom. The fraction of sp³-hybridized carbons (Fsp3) is 0.348. The zero-order valence-electron chi connectivity index (χ0n) is 16.1. The zero-order valence-corrected chi connectivity index (χ0v) is 16.1. The number of rotatable bonds is 1. The largest absolute Gasteiger partial charge is 0.508 e. The van der Waals surface area contributed by atoms with Crippen LogP contribution in [0.3, 0.4) is 0 Å². The molecule has 0 atom stereocenters. The number of phenolic OH excluding ortho intramolecular Hbond substituents is 1. The zero-order chi connectivity index (χ0) is 20.0. The van der Waals surface area contributed by atoms with Gasteiger partial charge in [-0.05, 0) is 59.6 Å². The van der Waals surface area contributed by atoms with E-state index in [9.17, 15) is 15.0 Å². The average Bonchev–Trinajstić information content (AvgIpc) is 2.56. The summed E-state index contributed by atoms with van der Waals surface area (Å²) in [5, 5.41) is 29.4. The molecule has 4 nitrogen and oxygen atoms in total. The molecule has 0 amide bonds. The van der Waals surface area contributed by atoms with E-state index in [0.29, 0.717) is 11.1 Å². The number of phenols is 2. The van der Waals surface area contributed by atoms with Gasteiger partial charge in [-0.25, -0.2) is 4.79 Å². The Bertz CT molecular complexity index is 987. The lowest BCUT2D eigenvalue weighted by atomic mass is 9.62. The fourth-order valence-electron chi connectivity index (χ4n) is 3.76. The lowest BCUT2D eigenvalue weighted by Crippen LogP contribution is -2.34. The summed E-state index contributed by atoms with van der Waals surface area (Å²) in [6.07, 6.45) is 2.05. The van der Waals surface area contributed by atoms with Gasteiger partial charge in [0.25, 0.3) is 0 Å². The van der Waals surface area contributed by atoms with Crippen molar-refractivity contribution >= 4 is 5.97 Å². The van der Waals surface area contributed by atoms with Gasteiger partial charge in [-0.3, -0.25) is 0 Å². The Labute approximate surface area is 159 Å². The van der Waals surface area contributed by atoms with Crippen LogP contribution in [0.15, 0.2) is 30.3 Å². The van der Waals surface area contributed by atoms with Gasteiger partial charge in [0.05, 0.1) is 0 Å². The molecule has 4 heteroatoms. The number of carboxylic acid groups (broad SMARTS) is 1. The number of fused-ring (bicyclic) bond motifs is 1. The van der Waals surface area contributed by atoms with E-state index in [1.165, 1.54) is 12.1 Å². The molecule has 140 valence electrons. The molecule has 2 aromatic rings. The van der Waals surface area contributed by atoms with Crippen LogP contribution >= 0.6 is 0 Å². The molecule has 27 heavy (non-hydrogen) atoms. The van der Waals surface area contributed by atoms with Crippen molar-refractivity contribution in [2.75, 3.05) is 0 Å². The highest BCUT2D eigenvalue weighted by Gasteiger charge is 2.39. The quantitative estimate of drug-likeness (QED) is 0.649. The van der Waals surface area contributed by atoms with Gasteiger partial charge in [0.2, 0.25) is 0 Å². The van der Waals surface area contributed by atoms with Gasteiger partial charge >= 0.3 is 5.97 Å². The predicted octanol–water partition coefficient (Wildman–Crippen LogP) is 4.54. The summed E-state index contributed by atoms with van der Waals surface area (Å²) < 4.78 is 0. The number of benzene rings is 2. The number of carbonyl (C=O) groups is 1. The minimum Gasteiger partial charge on any atom is -0.508 e. The minimum atomic E-state index is -1.18. The predicted molar refractivity (Wildman–Crippen MR) is 104 cm³/mol. The maximum Gasteiger partial charge on any atom is 0.339 e. The number of carboxylic acids is 1. The molecule has 3 rings (SSSR count). The molecule has 0 aliphatic heterocycles. The number of hydrogen-bond donors (Lipinski definition) is 3. The van der Waals surface area contributed by atoms with Gasteiger partial charge in [-0.15, -0.1) is 0 Å². The van der Waals surface area contributed by atoms with E-state index in [0.717, 1.165) is 24.0 Å². The molecule has 0 heterocycles. The lowest BCUT2D eigenvalue weighted by Gasteiger charge is -2.42. The van der Waals surface area contributed by atoms with Crippen LogP contribution in [0.4, 0.5) is 0 Å². The molecule has 1 aliphatic carbocycles. The molecule has 0 saturated heterocycles. The van der Waals surface area contributed by atoms with Crippen LogP contribution in [0, 0.1) is 11.8 Å². The van der Waals surface area contributed by atoms with Crippen LogP contribution in [-0.4, -0.2) is 21.3 Å². The standard InChI is InChI=1S/C23H24O4/c1-22(2)9-10-23(3,4)20-17(22)11-15(13-19(20)25)6-5-14-7-8-16(21(26)27)18(24)12-14/h7-8,11-13,24-25H,9-10H2,1-4H3,(H,26,27). The Hall–Kier alpha value is -2.93. The number of hydrogen-bond acceptors (Lipinski definition) is 3. The molecular formula is C23H24O4. The maximum absolute atomic E-state index is 11.0. The van der Waals surface area contributed by atoms with Gasteiger partial charge in [-0.2, -0.15) is 0 Å². The molecule has 1 aliphatic rings. The van der Waals surface area contributed by atoms with Crippen molar-refractivity contribution in [2.45, 2.75) is 51.4 Å². The van der Waals surface area contributed by atoms with Crippen LogP contribution in [0.5, 0.6) is 11.5 Å². The van der Waals surface area contributed by atoms with Gasteiger partial charge < -0.3 is 15.3 Å². The molecule has 3 N–H and O–H groups in total. The third-order valence-corrected chi connectivity index (χ3v) is 5.48. The molecular weight excluding hydrogens is 340 g/mol. The molecule has 0 bridgehead atoms. The average molecular weight is 364 g/mol. The first-order chi connectivity index (χ1) is 12.5. The Morgan fingerprint density at radius 3 is 2.11 bits per heavy atom. The van der Waals surface area contributed by atoms with Gasteiger partial charge in [0, 0.05) is 16.7 Å². The summed E-state index contributed by atoms with van der Waals surface area (Å²) in [5.41, 5.74) is 3.03. The second kappa shape index (κ2) is 6.35.